The normalized spacial score (nSPS) is 18.9. The Bertz CT molecular complexity index is 1060. The van der Waals surface area contributed by atoms with Crippen LogP contribution in [-0.2, 0) is 14.8 Å². The number of fused-ring (bicyclic) bond motifs is 1. The van der Waals surface area contributed by atoms with Crippen molar-refractivity contribution in [2.24, 2.45) is 5.92 Å². The van der Waals surface area contributed by atoms with Gasteiger partial charge in [0, 0.05) is 31.1 Å². The Labute approximate surface area is 174 Å². The van der Waals surface area contributed by atoms with Gasteiger partial charge in [-0.3, -0.25) is 9.59 Å². The number of hydrogen-bond acceptors (Lipinski definition) is 7. The van der Waals surface area contributed by atoms with Gasteiger partial charge in [-0.2, -0.15) is 4.31 Å². The van der Waals surface area contributed by atoms with Gasteiger partial charge in [0.15, 0.2) is 17.3 Å². The third-order valence-electron chi connectivity index (χ3n) is 5.21. The quantitative estimate of drug-likeness (QED) is 0.695. The van der Waals surface area contributed by atoms with Gasteiger partial charge in [-0.15, -0.1) is 0 Å². The number of ether oxygens (including phenoxy) is 2. The van der Waals surface area contributed by atoms with Crippen LogP contribution < -0.4 is 14.8 Å². The molecule has 2 aliphatic rings. The van der Waals surface area contributed by atoms with Crippen molar-refractivity contribution in [1.29, 1.82) is 0 Å². The number of carbonyl (C=O) groups excluding carboxylic acids is 2. The number of benzene rings is 1. The summed E-state index contributed by atoms with van der Waals surface area (Å²) < 4.78 is 42.4. The molecule has 1 unspecified atom stereocenters. The minimum absolute atomic E-state index is 0.0616. The number of sulfonamides is 1. The zero-order valence-corrected chi connectivity index (χ0v) is 17.2. The van der Waals surface area contributed by atoms with Crippen LogP contribution in [0.3, 0.4) is 0 Å². The Hall–Kier alpha value is -2.85. The van der Waals surface area contributed by atoms with Crippen LogP contribution in [0.4, 0.5) is 5.69 Å². The lowest BCUT2D eigenvalue weighted by Crippen LogP contribution is -2.40. The first-order valence-electron chi connectivity index (χ1n) is 9.62. The number of hydrogen-bond donors (Lipinski definition) is 1. The van der Waals surface area contributed by atoms with Crippen molar-refractivity contribution in [1.82, 2.24) is 4.31 Å². The number of carbonyl (C=O) groups is 2. The van der Waals surface area contributed by atoms with Gasteiger partial charge in [0.25, 0.3) is 10.0 Å². The predicted molar refractivity (Wildman–Crippen MR) is 106 cm³/mol. The van der Waals surface area contributed by atoms with Gasteiger partial charge >= 0.3 is 0 Å². The Morgan fingerprint density at radius 1 is 1.23 bits per heavy atom. The van der Waals surface area contributed by atoms with E-state index in [1.807, 2.05) is 0 Å². The van der Waals surface area contributed by atoms with E-state index in [2.05, 4.69) is 5.32 Å². The van der Waals surface area contributed by atoms with Crippen molar-refractivity contribution in [2.75, 3.05) is 25.2 Å². The van der Waals surface area contributed by atoms with E-state index in [0.717, 1.165) is 6.42 Å². The summed E-state index contributed by atoms with van der Waals surface area (Å²) in [6.45, 7) is 2.09. The molecule has 30 heavy (non-hydrogen) atoms. The number of piperidine rings is 1. The SMILES string of the molecule is CC(=O)c1cc2c(cc1NC(=O)CC1CCCN(S(=O)(=O)c3ccco3)C1)OCO2. The van der Waals surface area contributed by atoms with Gasteiger partial charge in [-0.05, 0) is 43.9 Å². The van der Waals surface area contributed by atoms with E-state index in [1.54, 1.807) is 12.1 Å². The molecule has 160 valence electrons. The third-order valence-corrected chi connectivity index (χ3v) is 6.96. The second kappa shape index (κ2) is 8.11. The van der Waals surface area contributed by atoms with E-state index in [-0.39, 0.29) is 42.5 Å². The second-order valence-electron chi connectivity index (χ2n) is 7.36. The first kappa shape index (κ1) is 20.4. The number of amides is 1. The van der Waals surface area contributed by atoms with Crippen molar-refractivity contribution in [3.05, 3.63) is 36.1 Å². The first-order valence-corrected chi connectivity index (χ1v) is 11.1. The van der Waals surface area contributed by atoms with Gasteiger partial charge in [0.05, 0.1) is 12.0 Å². The van der Waals surface area contributed by atoms with Crippen molar-refractivity contribution < 1.29 is 31.9 Å². The second-order valence-corrected chi connectivity index (χ2v) is 9.23. The molecule has 3 heterocycles. The number of rotatable bonds is 6. The summed E-state index contributed by atoms with van der Waals surface area (Å²) in [5, 5.41) is 2.67. The number of nitrogens with one attached hydrogen (secondary N) is 1. The molecule has 4 rings (SSSR count). The highest BCUT2D eigenvalue weighted by Gasteiger charge is 2.33. The minimum Gasteiger partial charge on any atom is -0.454 e. The van der Waals surface area contributed by atoms with E-state index in [9.17, 15) is 18.0 Å². The summed E-state index contributed by atoms with van der Waals surface area (Å²) in [5.41, 5.74) is 0.686. The van der Waals surface area contributed by atoms with Gasteiger partial charge in [0.2, 0.25) is 17.8 Å². The molecule has 1 aromatic carbocycles. The van der Waals surface area contributed by atoms with Crippen LogP contribution in [0.25, 0.3) is 0 Å². The van der Waals surface area contributed by atoms with Gasteiger partial charge in [-0.25, -0.2) is 8.42 Å². The summed E-state index contributed by atoms with van der Waals surface area (Å²) >= 11 is 0. The maximum atomic E-state index is 12.7. The van der Waals surface area contributed by atoms with Crippen LogP contribution in [0.1, 0.15) is 36.5 Å². The van der Waals surface area contributed by atoms with Crippen molar-refractivity contribution in [3.63, 3.8) is 0 Å². The molecule has 1 N–H and O–H groups in total. The van der Waals surface area contributed by atoms with Gasteiger partial charge in [0.1, 0.15) is 0 Å². The Balaban J connectivity index is 1.44. The van der Waals surface area contributed by atoms with Crippen LogP contribution in [0.2, 0.25) is 0 Å². The highest BCUT2D eigenvalue weighted by molar-refractivity contribution is 7.89. The lowest BCUT2D eigenvalue weighted by atomic mass is 9.95. The van der Waals surface area contributed by atoms with Gasteiger partial charge in [-0.1, -0.05) is 0 Å². The number of ketones is 1. The average Bonchev–Trinajstić information content (AvgIpc) is 3.39. The van der Waals surface area contributed by atoms with E-state index in [0.29, 0.717) is 35.7 Å². The van der Waals surface area contributed by atoms with E-state index in [1.165, 1.54) is 29.6 Å². The molecule has 2 aliphatic heterocycles. The zero-order valence-electron chi connectivity index (χ0n) is 16.4. The number of nitrogens with zero attached hydrogens (tertiary/aromatic N) is 1. The summed E-state index contributed by atoms with van der Waals surface area (Å²) in [5.74, 6) is 0.279. The molecule has 0 spiro atoms. The summed E-state index contributed by atoms with van der Waals surface area (Å²) in [4.78, 5) is 24.6. The maximum Gasteiger partial charge on any atom is 0.276 e. The van der Waals surface area contributed by atoms with Crippen LogP contribution in [-0.4, -0.2) is 44.3 Å². The fourth-order valence-corrected chi connectivity index (χ4v) is 5.21. The van der Waals surface area contributed by atoms with E-state index < -0.39 is 10.0 Å². The summed E-state index contributed by atoms with van der Waals surface area (Å²) in [7, 11) is -3.71. The fraction of sp³-hybridized carbons (Fsp3) is 0.400. The largest absolute Gasteiger partial charge is 0.454 e. The predicted octanol–water partition coefficient (Wildman–Crippen LogP) is 2.64. The average molecular weight is 434 g/mol. The van der Waals surface area contributed by atoms with Crippen LogP contribution >= 0.6 is 0 Å². The minimum atomic E-state index is -3.71. The molecular weight excluding hydrogens is 412 g/mol. The van der Waals surface area contributed by atoms with Crippen molar-refractivity contribution in [3.8, 4) is 11.5 Å². The van der Waals surface area contributed by atoms with Crippen LogP contribution in [0.5, 0.6) is 11.5 Å². The fourth-order valence-electron chi connectivity index (χ4n) is 3.75. The van der Waals surface area contributed by atoms with Crippen molar-refractivity contribution >= 4 is 27.4 Å². The lowest BCUT2D eigenvalue weighted by Gasteiger charge is -2.30. The molecule has 0 radical (unpaired) electrons. The lowest BCUT2D eigenvalue weighted by molar-refractivity contribution is -0.117. The maximum absolute atomic E-state index is 12.7. The highest BCUT2D eigenvalue weighted by Crippen LogP contribution is 2.37. The van der Waals surface area contributed by atoms with Crippen molar-refractivity contribution in [2.45, 2.75) is 31.3 Å². The summed E-state index contributed by atoms with van der Waals surface area (Å²) in [6, 6.07) is 6.07. The molecule has 1 amide bonds. The first-order chi connectivity index (χ1) is 14.3. The zero-order chi connectivity index (χ0) is 21.3. The van der Waals surface area contributed by atoms with Crippen LogP contribution in [0.15, 0.2) is 40.0 Å². The highest BCUT2D eigenvalue weighted by atomic mass is 32.2. The molecule has 9 nitrogen and oxygen atoms in total. The van der Waals surface area contributed by atoms with E-state index in [4.69, 9.17) is 13.9 Å². The molecule has 1 fully saturated rings. The smallest absolute Gasteiger partial charge is 0.276 e. The molecular formula is C20H22N2O7S. The molecule has 1 atom stereocenters. The third kappa shape index (κ3) is 4.05. The molecule has 1 aromatic heterocycles. The summed E-state index contributed by atoms with van der Waals surface area (Å²) in [6.07, 6.45) is 2.84. The van der Waals surface area contributed by atoms with E-state index >= 15 is 0 Å². The topological polar surface area (TPSA) is 115 Å². The molecule has 10 heteroatoms. The number of anilines is 1. The Morgan fingerprint density at radius 3 is 2.70 bits per heavy atom. The molecule has 1 saturated heterocycles. The molecule has 0 aliphatic carbocycles. The Morgan fingerprint density at radius 2 is 2.00 bits per heavy atom. The molecule has 2 aromatic rings. The Kier molecular flexibility index (Phi) is 5.52. The molecule has 0 bridgehead atoms. The van der Waals surface area contributed by atoms with Gasteiger partial charge < -0.3 is 19.2 Å². The number of Topliss-reactive ketones (excluding diaryl/α,β-unsaturated/α-hetero) is 1. The van der Waals surface area contributed by atoms with Crippen LogP contribution in [0, 0.1) is 5.92 Å². The molecule has 0 saturated carbocycles. The standard InChI is InChI=1S/C20H22N2O7S/c1-13(23)15-9-17-18(29-12-28-17)10-16(15)21-19(24)8-14-4-2-6-22(11-14)30(25,26)20-5-3-7-27-20/h3,5,7,9-10,14H,2,4,6,8,11-12H2,1H3,(H,21,24). The monoisotopic (exact) mass is 434 g/mol. The number of furan rings is 1.